The molecule has 0 saturated carbocycles. The van der Waals surface area contributed by atoms with Gasteiger partial charge in [0.1, 0.15) is 0 Å². The van der Waals surface area contributed by atoms with E-state index in [0.717, 1.165) is 0 Å². The van der Waals surface area contributed by atoms with Gasteiger partial charge in [-0.3, -0.25) is 9.10 Å². The number of sulfonamides is 1. The van der Waals surface area contributed by atoms with Crippen molar-refractivity contribution in [2.24, 2.45) is 0 Å². The monoisotopic (exact) mass is 358 g/mol. The molecule has 2 aromatic rings. The lowest BCUT2D eigenvalue weighted by molar-refractivity contribution is 0.0951. The molecule has 1 N–H and O–H groups in total. The molecule has 1 aliphatic heterocycles. The number of nitrogens with one attached hydrogen (secondary N) is 1. The molecule has 1 saturated heterocycles. The SMILES string of the molecule is C[C@H](CNC(=O)c1ccc(N2CCCS2(=O)=O)cc1)c1ccccc1. The third kappa shape index (κ3) is 4.02. The smallest absolute Gasteiger partial charge is 0.251 e. The minimum Gasteiger partial charge on any atom is -0.351 e. The minimum atomic E-state index is -3.19. The van der Waals surface area contributed by atoms with Crippen LogP contribution in [0.25, 0.3) is 0 Å². The summed E-state index contributed by atoms with van der Waals surface area (Å²) in [6.45, 7) is 3.12. The molecular weight excluding hydrogens is 336 g/mol. The Morgan fingerprint density at radius 1 is 1.12 bits per heavy atom. The second-order valence-electron chi connectivity index (χ2n) is 6.31. The van der Waals surface area contributed by atoms with Crippen molar-refractivity contribution in [3.63, 3.8) is 0 Å². The van der Waals surface area contributed by atoms with Crippen LogP contribution in [-0.2, 0) is 10.0 Å². The summed E-state index contributed by atoms with van der Waals surface area (Å²) in [5, 5.41) is 2.93. The highest BCUT2D eigenvalue weighted by Crippen LogP contribution is 2.24. The van der Waals surface area contributed by atoms with Crippen LogP contribution < -0.4 is 9.62 Å². The first-order valence-corrected chi connectivity index (χ1v) is 10.0. The van der Waals surface area contributed by atoms with Crippen LogP contribution in [0.2, 0.25) is 0 Å². The standard InChI is InChI=1S/C19H22N2O3S/c1-15(16-6-3-2-4-7-16)14-20-19(22)17-8-10-18(11-9-17)21-12-5-13-25(21,23)24/h2-4,6-11,15H,5,12-14H2,1H3,(H,20,22)/t15-/m1/s1. The van der Waals surface area contributed by atoms with Crippen LogP contribution in [0.1, 0.15) is 35.2 Å². The fraction of sp³-hybridized carbons (Fsp3) is 0.316. The molecule has 0 spiro atoms. The Morgan fingerprint density at radius 3 is 2.40 bits per heavy atom. The molecular formula is C19H22N2O3S. The van der Waals surface area contributed by atoms with Crippen molar-refractivity contribution in [3.8, 4) is 0 Å². The average Bonchev–Trinajstić information content (AvgIpc) is 2.99. The maximum atomic E-state index is 12.3. The molecule has 0 bridgehead atoms. The maximum Gasteiger partial charge on any atom is 0.251 e. The Hall–Kier alpha value is -2.34. The lowest BCUT2D eigenvalue weighted by Gasteiger charge is -2.17. The van der Waals surface area contributed by atoms with Gasteiger partial charge in [-0.1, -0.05) is 37.3 Å². The van der Waals surface area contributed by atoms with Gasteiger partial charge in [0.05, 0.1) is 11.4 Å². The van der Waals surface area contributed by atoms with E-state index in [2.05, 4.69) is 12.2 Å². The molecule has 1 fully saturated rings. The Balaban J connectivity index is 1.61. The van der Waals surface area contributed by atoms with Crippen LogP contribution in [0.4, 0.5) is 5.69 Å². The number of anilines is 1. The minimum absolute atomic E-state index is 0.154. The maximum absolute atomic E-state index is 12.3. The van der Waals surface area contributed by atoms with Crippen molar-refractivity contribution in [2.75, 3.05) is 23.1 Å². The number of nitrogens with zero attached hydrogens (tertiary/aromatic N) is 1. The molecule has 2 aromatic carbocycles. The number of hydrogen-bond acceptors (Lipinski definition) is 3. The molecule has 1 amide bonds. The average molecular weight is 358 g/mol. The molecule has 0 radical (unpaired) electrons. The summed E-state index contributed by atoms with van der Waals surface area (Å²) in [4.78, 5) is 12.3. The zero-order valence-electron chi connectivity index (χ0n) is 14.2. The lowest BCUT2D eigenvalue weighted by atomic mass is 10.0. The largest absolute Gasteiger partial charge is 0.351 e. The number of benzene rings is 2. The van der Waals surface area contributed by atoms with Crippen molar-refractivity contribution < 1.29 is 13.2 Å². The zero-order valence-corrected chi connectivity index (χ0v) is 15.0. The third-order valence-electron chi connectivity index (χ3n) is 4.45. The zero-order chi connectivity index (χ0) is 17.9. The number of hydrogen-bond donors (Lipinski definition) is 1. The fourth-order valence-electron chi connectivity index (χ4n) is 2.96. The summed E-state index contributed by atoms with van der Waals surface area (Å²) in [7, 11) is -3.19. The molecule has 1 heterocycles. The van der Waals surface area contributed by atoms with Gasteiger partial charge < -0.3 is 5.32 Å². The van der Waals surface area contributed by atoms with E-state index in [1.54, 1.807) is 24.3 Å². The first-order valence-electron chi connectivity index (χ1n) is 8.41. The highest BCUT2D eigenvalue weighted by molar-refractivity contribution is 7.93. The number of amides is 1. The van der Waals surface area contributed by atoms with Crippen molar-refractivity contribution in [1.82, 2.24) is 5.32 Å². The van der Waals surface area contributed by atoms with Crippen LogP contribution in [-0.4, -0.2) is 33.2 Å². The summed E-state index contributed by atoms with van der Waals surface area (Å²) in [5.74, 6) is 0.255. The second kappa shape index (κ2) is 7.27. The summed E-state index contributed by atoms with van der Waals surface area (Å²) in [5.41, 5.74) is 2.32. The summed E-state index contributed by atoms with van der Waals surface area (Å²) in [6, 6.07) is 16.8. The van der Waals surface area contributed by atoms with Gasteiger partial charge in [-0.2, -0.15) is 0 Å². The summed E-state index contributed by atoms with van der Waals surface area (Å²) in [6.07, 6.45) is 0.641. The van der Waals surface area contributed by atoms with Gasteiger partial charge in [-0.25, -0.2) is 8.42 Å². The van der Waals surface area contributed by atoms with Crippen LogP contribution in [0.15, 0.2) is 54.6 Å². The van der Waals surface area contributed by atoms with E-state index in [4.69, 9.17) is 0 Å². The Bertz CT molecular complexity index is 833. The number of carbonyl (C=O) groups is 1. The topological polar surface area (TPSA) is 66.5 Å². The second-order valence-corrected chi connectivity index (χ2v) is 8.32. The van der Waals surface area contributed by atoms with E-state index < -0.39 is 10.0 Å². The molecule has 132 valence electrons. The number of carbonyl (C=O) groups excluding carboxylic acids is 1. The van der Waals surface area contributed by atoms with Crippen LogP contribution in [0.5, 0.6) is 0 Å². The predicted octanol–water partition coefficient (Wildman–Crippen LogP) is 2.76. The molecule has 0 aromatic heterocycles. The third-order valence-corrected chi connectivity index (χ3v) is 6.32. The molecule has 25 heavy (non-hydrogen) atoms. The van der Waals surface area contributed by atoms with Crippen LogP contribution in [0.3, 0.4) is 0 Å². The molecule has 1 atom stereocenters. The van der Waals surface area contributed by atoms with Gasteiger partial charge in [-0.15, -0.1) is 0 Å². The van der Waals surface area contributed by atoms with Gasteiger partial charge in [-0.05, 0) is 42.2 Å². The van der Waals surface area contributed by atoms with E-state index in [1.807, 2.05) is 30.3 Å². The van der Waals surface area contributed by atoms with E-state index >= 15 is 0 Å². The Morgan fingerprint density at radius 2 is 1.80 bits per heavy atom. The van der Waals surface area contributed by atoms with Crippen LogP contribution >= 0.6 is 0 Å². The van der Waals surface area contributed by atoms with Crippen molar-refractivity contribution >= 4 is 21.6 Å². The highest BCUT2D eigenvalue weighted by atomic mass is 32.2. The van der Waals surface area contributed by atoms with E-state index in [1.165, 1.54) is 9.87 Å². The lowest BCUT2D eigenvalue weighted by Crippen LogP contribution is -2.28. The first kappa shape index (κ1) is 17.5. The van der Waals surface area contributed by atoms with E-state index in [9.17, 15) is 13.2 Å². The summed E-state index contributed by atoms with van der Waals surface area (Å²) < 4.78 is 25.3. The van der Waals surface area contributed by atoms with Crippen molar-refractivity contribution in [1.29, 1.82) is 0 Å². The Labute approximate surface area is 148 Å². The van der Waals surface area contributed by atoms with Gasteiger partial charge in [0.25, 0.3) is 5.91 Å². The Kier molecular flexibility index (Phi) is 5.08. The van der Waals surface area contributed by atoms with Gasteiger partial charge in [0, 0.05) is 18.7 Å². The molecule has 0 unspecified atom stereocenters. The van der Waals surface area contributed by atoms with Gasteiger partial charge in [0.15, 0.2) is 0 Å². The first-order chi connectivity index (χ1) is 12.0. The highest BCUT2D eigenvalue weighted by Gasteiger charge is 2.28. The molecule has 6 heteroatoms. The fourth-order valence-corrected chi connectivity index (χ4v) is 4.52. The normalized spacial score (nSPS) is 17.2. The number of rotatable bonds is 5. The molecule has 0 aliphatic carbocycles. The van der Waals surface area contributed by atoms with Crippen molar-refractivity contribution in [2.45, 2.75) is 19.3 Å². The van der Waals surface area contributed by atoms with Gasteiger partial charge >= 0.3 is 0 Å². The van der Waals surface area contributed by atoms with Gasteiger partial charge in [0.2, 0.25) is 10.0 Å². The molecule has 5 nitrogen and oxygen atoms in total. The van der Waals surface area contributed by atoms with Crippen LogP contribution in [0, 0.1) is 0 Å². The quantitative estimate of drug-likeness (QED) is 0.894. The molecule has 1 aliphatic rings. The molecule has 3 rings (SSSR count). The van der Waals surface area contributed by atoms with E-state index in [-0.39, 0.29) is 17.6 Å². The summed E-state index contributed by atoms with van der Waals surface area (Å²) >= 11 is 0. The van der Waals surface area contributed by atoms with E-state index in [0.29, 0.717) is 30.8 Å². The predicted molar refractivity (Wildman–Crippen MR) is 99.4 cm³/mol. The van der Waals surface area contributed by atoms with Crippen molar-refractivity contribution in [3.05, 3.63) is 65.7 Å².